The Hall–Kier alpha value is -2.57. The Kier molecular flexibility index (Phi) is 4.98. The number of carbonyl (C=O) groups excluding carboxylic acids is 3. The molecular weight excluding hydrogens is 284 g/mol. The van der Waals surface area contributed by atoms with E-state index in [1.165, 1.54) is 6.92 Å². The Balaban J connectivity index is 1.96. The highest BCUT2D eigenvalue weighted by atomic mass is 16.2. The predicted octanol–water partition coefficient (Wildman–Crippen LogP) is -0.200. The van der Waals surface area contributed by atoms with E-state index in [2.05, 4.69) is 10.6 Å². The number of fused-ring (bicyclic) bond motifs is 1. The smallest absolute Gasteiger partial charge is 0.246 e. The number of hydrogen-bond acceptors (Lipinski definition) is 4. The molecule has 0 saturated heterocycles. The number of rotatable bonds is 4. The van der Waals surface area contributed by atoms with Crippen LogP contribution in [0.4, 0.5) is 11.4 Å². The highest BCUT2D eigenvalue weighted by Gasteiger charge is 2.23. The van der Waals surface area contributed by atoms with Crippen molar-refractivity contribution in [2.45, 2.75) is 19.8 Å². The largest absolute Gasteiger partial charge is 0.398 e. The first-order chi connectivity index (χ1) is 10.5. The van der Waals surface area contributed by atoms with Gasteiger partial charge in [-0.1, -0.05) is 6.07 Å². The van der Waals surface area contributed by atoms with Gasteiger partial charge in [-0.2, -0.15) is 0 Å². The number of benzene rings is 1. The Morgan fingerprint density at radius 3 is 2.73 bits per heavy atom. The molecule has 4 N–H and O–H groups in total. The summed E-state index contributed by atoms with van der Waals surface area (Å²) in [5.74, 6) is -0.877. The zero-order valence-corrected chi connectivity index (χ0v) is 12.5. The second-order valence-electron chi connectivity index (χ2n) is 5.18. The summed E-state index contributed by atoms with van der Waals surface area (Å²) in [6, 6.07) is 5.50. The third-order valence-corrected chi connectivity index (χ3v) is 3.52. The number of nitrogen functional groups attached to an aromatic ring is 1. The first-order valence-electron chi connectivity index (χ1n) is 7.18. The zero-order chi connectivity index (χ0) is 16.1. The van der Waals surface area contributed by atoms with Crippen molar-refractivity contribution in [3.05, 3.63) is 23.8 Å². The number of carbonyl (C=O) groups is 3. The van der Waals surface area contributed by atoms with E-state index in [4.69, 9.17) is 5.73 Å². The van der Waals surface area contributed by atoms with Gasteiger partial charge < -0.3 is 21.3 Å². The van der Waals surface area contributed by atoms with E-state index >= 15 is 0 Å². The van der Waals surface area contributed by atoms with Crippen molar-refractivity contribution in [3.63, 3.8) is 0 Å². The van der Waals surface area contributed by atoms with Gasteiger partial charge in [-0.15, -0.1) is 0 Å². The number of nitrogens with two attached hydrogens (primary N) is 1. The molecule has 7 heteroatoms. The number of hydrogen-bond donors (Lipinski definition) is 3. The van der Waals surface area contributed by atoms with Gasteiger partial charge in [0.1, 0.15) is 0 Å². The molecule has 0 fully saturated rings. The molecule has 1 heterocycles. The molecule has 1 aliphatic heterocycles. The summed E-state index contributed by atoms with van der Waals surface area (Å²) in [6.07, 6.45) is 1.69. The topological polar surface area (TPSA) is 105 Å². The number of amides is 3. The lowest BCUT2D eigenvalue weighted by Crippen LogP contribution is -2.45. The van der Waals surface area contributed by atoms with Crippen LogP contribution in [0.1, 0.15) is 18.9 Å². The predicted molar refractivity (Wildman–Crippen MR) is 83.2 cm³/mol. The van der Waals surface area contributed by atoms with Crippen LogP contribution in [-0.4, -0.2) is 37.4 Å². The minimum absolute atomic E-state index is 0.105. The van der Waals surface area contributed by atoms with Crippen molar-refractivity contribution in [1.29, 1.82) is 0 Å². The van der Waals surface area contributed by atoms with Gasteiger partial charge >= 0.3 is 0 Å². The monoisotopic (exact) mass is 304 g/mol. The summed E-state index contributed by atoms with van der Waals surface area (Å²) in [4.78, 5) is 36.2. The van der Waals surface area contributed by atoms with Gasteiger partial charge in [0.25, 0.3) is 0 Å². The summed E-state index contributed by atoms with van der Waals surface area (Å²) >= 11 is 0. The lowest BCUT2D eigenvalue weighted by atomic mass is 10.00. The molecule has 0 aromatic heterocycles. The summed E-state index contributed by atoms with van der Waals surface area (Å²) in [5.41, 5.74) is 8.42. The lowest BCUT2D eigenvalue weighted by Gasteiger charge is -2.30. The molecule has 1 aromatic rings. The molecule has 0 atom stereocenters. The molecule has 7 nitrogen and oxygen atoms in total. The second-order valence-corrected chi connectivity index (χ2v) is 5.18. The van der Waals surface area contributed by atoms with Crippen molar-refractivity contribution in [2.24, 2.45) is 0 Å². The molecule has 1 aromatic carbocycles. The number of nitrogens with one attached hydrogen (secondary N) is 2. The molecule has 22 heavy (non-hydrogen) atoms. The van der Waals surface area contributed by atoms with Crippen LogP contribution in [0.5, 0.6) is 0 Å². The van der Waals surface area contributed by atoms with Crippen molar-refractivity contribution < 1.29 is 14.4 Å². The molecule has 0 saturated carbocycles. The summed E-state index contributed by atoms with van der Waals surface area (Å²) < 4.78 is 0. The van der Waals surface area contributed by atoms with E-state index in [1.54, 1.807) is 4.90 Å². The molecule has 0 radical (unpaired) electrons. The van der Waals surface area contributed by atoms with Crippen LogP contribution >= 0.6 is 0 Å². The third kappa shape index (κ3) is 3.75. The summed E-state index contributed by atoms with van der Waals surface area (Å²) in [6.45, 7) is 1.70. The highest BCUT2D eigenvalue weighted by molar-refractivity contribution is 5.98. The van der Waals surface area contributed by atoms with E-state index < -0.39 is 5.91 Å². The Bertz CT molecular complexity index is 600. The SMILES string of the molecule is CC(=O)NCC(=O)NCC(=O)N1CCCc2c(N)cccc21. The van der Waals surface area contributed by atoms with Crippen LogP contribution in [0.2, 0.25) is 0 Å². The Labute approximate surface area is 128 Å². The summed E-state index contributed by atoms with van der Waals surface area (Å²) in [5, 5.41) is 4.88. The van der Waals surface area contributed by atoms with Crippen molar-refractivity contribution >= 4 is 29.1 Å². The van der Waals surface area contributed by atoms with Crippen LogP contribution in [0.25, 0.3) is 0 Å². The average molecular weight is 304 g/mol. The minimum atomic E-state index is -0.395. The first kappa shape index (κ1) is 15.8. The van der Waals surface area contributed by atoms with E-state index in [0.29, 0.717) is 12.2 Å². The average Bonchev–Trinajstić information content (AvgIpc) is 2.50. The molecule has 0 spiro atoms. The van der Waals surface area contributed by atoms with Crippen LogP contribution in [0.15, 0.2) is 18.2 Å². The van der Waals surface area contributed by atoms with Crippen LogP contribution in [0.3, 0.4) is 0 Å². The van der Waals surface area contributed by atoms with Crippen LogP contribution < -0.4 is 21.3 Å². The lowest BCUT2D eigenvalue weighted by molar-refractivity contribution is -0.126. The fraction of sp³-hybridized carbons (Fsp3) is 0.400. The minimum Gasteiger partial charge on any atom is -0.398 e. The van der Waals surface area contributed by atoms with E-state index in [-0.39, 0.29) is 24.9 Å². The standard InChI is InChI=1S/C15H20N4O3/c1-10(20)17-8-14(21)18-9-15(22)19-7-3-4-11-12(16)5-2-6-13(11)19/h2,5-6H,3-4,7-9,16H2,1H3,(H,17,20)(H,18,21). The maximum absolute atomic E-state index is 12.3. The highest BCUT2D eigenvalue weighted by Crippen LogP contribution is 2.31. The molecule has 0 bridgehead atoms. The Morgan fingerprint density at radius 1 is 1.23 bits per heavy atom. The van der Waals surface area contributed by atoms with Crippen molar-refractivity contribution in [3.8, 4) is 0 Å². The molecule has 1 aliphatic rings. The van der Waals surface area contributed by atoms with Gasteiger partial charge in [-0.05, 0) is 30.5 Å². The normalized spacial score (nSPS) is 13.2. The molecule has 2 rings (SSSR count). The summed E-state index contributed by atoms with van der Waals surface area (Å²) in [7, 11) is 0. The molecule has 0 unspecified atom stereocenters. The molecule has 118 valence electrons. The fourth-order valence-corrected chi connectivity index (χ4v) is 2.45. The van der Waals surface area contributed by atoms with Gasteiger partial charge in [-0.3, -0.25) is 14.4 Å². The second kappa shape index (κ2) is 6.93. The van der Waals surface area contributed by atoms with Crippen molar-refractivity contribution in [2.75, 3.05) is 30.3 Å². The van der Waals surface area contributed by atoms with Crippen LogP contribution in [-0.2, 0) is 20.8 Å². The van der Waals surface area contributed by atoms with Crippen molar-refractivity contribution in [1.82, 2.24) is 10.6 Å². The number of nitrogens with zero attached hydrogens (tertiary/aromatic N) is 1. The van der Waals surface area contributed by atoms with Gasteiger partial charge in [-0.25, -0.2) is 0 Å². The quantitative estimate of drug-likeness (QED) is 0.670. The van der Waals surface area contributed by atoms with Gasteiger partial charge in [0.2, 0.25) is 17.7 Å². The molecular formula is C15H20N4O3. The first-order valence-corrected chi connectivity index (χ1v) is 7.18. The maximum atomic E-state index is 12.3. The number of anilines is 2. The fourth-order valence-electron chi connectivity index (χ4n) is 2.45. The maximum Gasteiger partial charge on any atom is 0.246 e. The van der Waals surface area contributed by atoms with E-state index in [0.717, 1.165) is 24.1 Å². The van der Waals surface area contributed by atoms with E-state index in [1.807, 2.05) is 18.2 Å². The van der Waals surface area contributed by atoms with E-state index in [9.17, 15) is 14.4 Å². The van der Waals surface area contributed by atoms with Crippen LogP contribution in [0, 0.1) is 0 Å². The van der Waals surface area contributed by atoms with Gasteiger partial charge in [0.05, 0.1) is 13.1 Å². The Morgan fingerprint density at radius 2 is 2.00 bits per heavy atom. The molecule has 0 aliphatic carbocycles. The zero-order valence-electron chi connectivity index (χ0n) is 12.5. The van der Waals surface area contributed by atoms with Gasteiger partial charge in [0, 0.05) is 24.8 Å². The third-order valence-electron chi connectivity index (χ3n) is 3.52. The molecule has 3 amide bonds. The van der Waals surface area contributed by atoms with Gasteiger partial charge in [0.15, 0.2) is 0 Å².